The van der Waals surface area contributed by atoms with Gasteiger partial charge in [0, 0.05) is 5.57 Å². The normalized spacial score (nSPS) is 30.3. The van der Waals surface area contributed by atoms with E-state index in [1.807, 2.05) is 0 Å². The third kappa shape index (κ3) is 2.56. The van der Waals surface area contributed by atoms with E-state index in [1.165, 1.54) is 21.0 Å². The lowest BCUT2D eigenvalue weighted by atomic mass is 9.72. The number of rotatable bonds is 5. The molecule has 0 heterocycles. The summed E-state index contributed by atoms with van der Waals surface area (Å²) in [6.07, 6.45) is 0.531. The summed E-state index contributed by atoms with van der Waals surface area (Å²) < 4.78 is 10.3. The van der Waals surface area contributed by atoms with Gasteiger partial charge < -0.3 is 14.6 Å². The molecule has 6 nitrogen and oxygen atoms in total. The molecule has 0 radical (unpaired) electrons. The molecule has 3 atom stereocenters. The summed E-state index contributed by atoms with van der Waals surface area (Å²) in [5, 5.41) is 10.7. The van der Waals surface area contributed by atoms with Crippen LogP contribution in [-0.2, 0) is 23.9 Å². The van der Waals surface area contributed by atoms with E-state index in [0.717, 1.165) is 0 Å². The highest BCUT2D eigenvalue weighted by Gasteiger charge is 2.60. The molecule has 0 aromatic heterocycles. The number of carbonyl (C=O) groups is 3. The Morgan fingerprint density at radius 3 is 2.27 bits per heavy atom. The number of Topliss-reactive ketones (excluding diaryl/α,β-unsaturated/α-hetero) is 2. The predicted molar refractivity (Wildman–Crippen MR) is 78.9 cm³/mol. The monoisotopic (exact) mass is 312 g/mol. The zero-order valence-electron chi connectivity index (χ0n) is 14.0. The first kappa shape index (κ1) is 18.4. The molecule has 124 valence electrons. The van der Waals surface area contributed by atoms with Gasteiger partial charge in [-0.15, -0.1) is 0 Å². The zero-order chi connectivity index (χ0) is 17.3. The Kier molecular flexibility index (Phi) is 5.18. The number of hydrogen-bond donors (Lipinski definition) is 1. The van der Waals surface area contributed by atoms with Crippen molar-refractivity contribution in [3.63, 3.8) is 0 Å². The average molecular weight is 312 g/mol. The van der Waals surface area contributed by atoms with Crippen LogP contribution in [0.5, 0.6) is 0 Å². The lowest BCUT2D eigenvalue weighted by Gasteiger charge is -2.40. The van der Waals surface area contributed by atoms with Crippen LogP contribution in [0.4, 0.5) is 0 Å². The average Bonchev–Trinajstić information content (AvgIpc) is 2.51. The molecule has 0 bridgehead atoms. The number of aliphatic hydroxyl groups is 1. The van der Waals surface area contributed by atoms with E-state index < -0.39 is 34.7 Å². The third-order valence-corrected chi connectivity index (χ3v) is 4.33. The molecule has 1 aliphatic carbocycles. The second-order valence-corrected chi connectivity index (χ2v) is 5.79. The number of ether oxygens (including phenoxy) is 2. The van der Waals surface area contributed by atoms with Crippen LogP contribution in [0, 0.1) is 5.92 Å². The second-order valence-electron chi connectivity index (χ2n) is 5.79. The van der Waals surface area contributed by atoms with Crippen LogP contribution in [0.1, 0.15) is 47.5 Å². The van der Waals surface area contributed by atoms with Gasteiger partial charge in [0.05, 0.1) is 13.0 Å². The highest BCUT2D eigenvalue weighted by molar-refractivity contribution is 6.23. The van der Waals surface area contributed by atoms with Crippen LogP contribution in [-0.4, -0.2) is 41.0 Å². The maximum absolute atomic E-state index is 12.7. The number of esters is 1. The predicted octanol–water partition coefficient (Wildman–Crippen LogP) is 1.55. The summed E-state index contributed by atoms with van der Waals surface area (Å²) in [7, 11) is 1.29. The Labute approximate surface area is 130 Å². The maximum Gasteiger partial charge on any atom is 0.310 e. The molecule has 0 saturated carbocycles. The van der Waals surface area contributed by atoms with Crippen molar-refractivity contribution in [2.45, 2.75) is 58.7 Å². The van der Waals surface area contributed by atoms with Gasteiger partial charge in [0.1, 0.15) is 5.76 Å². The van der Waals surface area contributed by atoms with E-state index in [4.69, 9.17) is 9.47 Å². The van der Waals surface area contributed by atoms with E-state index in [2.05, 4.69) is 0 Å². The Morgan fingerprint density at radius 2 is 1.86 bits per heavy atom. The van der Waals surface area contributed by atoms with Crippen molar-refractivity contribution >= 4 is 17.5 Å². The minimum Gasteiger partial charge on any atom is -0.497 e. The topological polar surface area (TPSA) is 89.9 Å². The fourth-order valence-corrected chi connectivity index (χ4v) is 2.58. The molecule has 6 heteroatoms. The Balaban J connectivity index is 3.39. The number of methoxy groups -OCH3 is 1. The molecule has 0 aromatic carbocycles. The van der Waals surface area contributed by atoms with Crippen molar-refractivity contribution in [2.24, 2.45) is 5.92 Å². The molecule has 1 N–H and O–H groups in total. The first-order valence-electron chi connectivity index (χ1n) is 7.40. The highest BCUT2D eigenvalue weighted by Crippen LogP contribution is 2.39. The van der Waals surface area contributed by atoms with Crippen molar-refractivity contribution in [3.05, 3.63) is 11.3 Å². The van der Waals surface area contributed by atoms with E-state index in [-0.39, 0.29) is 17.8 Å². The number of ketones is 2. The minimum absolute atomic E-state index is 0.0100. The van der Waals surface area contributed by atoms with Crippen molar-refractivity contribution in [1.82, 2.24) is 0 Å². The zero-order valence-corrected chi connectivity index (χ0v) is 14.0. The molecule has 0 saturated heterocycles. The van der Waals surface area contributed by atoms with Crippen LogP contribution < -0.4 is 0 Å². The fraction of sp³-hybridized carbons (Fsp3) is 0.688. The van der Waals surface area contributed by atoms with Gasteiger partial charge in [-0.25, -0.2) is 0 Å². The lowest BCUT2D eigenvalue weighted by Crippen LogP contribution is -2.62. The number of hydrogen-bond acceptors (Lipinski definition) is 6. The van der Waals surface area contributed by atoms with E-state index in [1.54, 1.807) is 20.8 Å². The van der Waals surface area contributed by atoms with Crippen molar-refractivity contribution in [1.29, 1.82) is 0 Å². The molecule has 0 fully saturated rings. The van der Waals surface area contributed by atoms with E-state index >= 15 is 0 Å². The van der Waals surface area contributed by atoms with Crippen molar-refractivity contribution in [2.75, 3.05) is 7.11 Å². The summed E-state index contributed by atoms with van der Waals surface area (Å²) in [5.41, 5.74) is -3.92. The first-order chi connectivity index (χ1) is 10.1. The largest absolute Gasteiger partial charge is 0.497 e. The van der Waals surface area contributed by atoms with Gasteiger partial charge >= 0.3 is 5.97 Å². The minimum atomic E-state index is -2.03. The molecular weight excluding hydrogens is 288 g/mol. The molecule has 0 aliphatic heterocycles. The first-order valence-corrected chi connectivity index (χ1v) is 7.40. The summed E-state index contributed by atoms with van der Waals surface area (Å²) >= 11 is 0. The summed E-state index contributed by atoms with van der Waals surface area (Å²) in [4.78, 5) is 37.3. The van der Waals surface area contributed by atoms with Gasteiger partial charge in [-0.1, -0.05) is 20.8 Å². The Hall–Kier alpha value is -1.69. The molecule has 1 aliphatic rings. The molecule has 0 aromatic rings. The van der Waals surface area contributed by atoms with Gasteiger partial charge in [0.15, 0.2) is 5.60 Å². The smallest absolute Gasteiger partial charge is 0.310 e. The van der Waals surface area contributed by atoms with E-state index in [0.29, 0.717) is 6.42 Å². The molecule has 0 unspecified atom stereocenters. The summed E-state index contributed by atoms with van der Waals surface area (Å²) in [6, 6.07) is 0. The SMILES string of the molecule is CC[C@@H](C)C(=O)O[C@@]1(C)C(=O)C(C)=C(OC)[C@](O)(CC)C1=O. The van der Waals surface area contributed by atoms with Crippen LogP contribution in [0.2, 0.25) is 0 Å². The van der Waals surface area contributed by atoms with Crippen LogP contribution >= 0.6 is 0 Å². The quantitative estimate of drug-likeness (QED) is 0.612. The number of carbonyl (C=O) groups excluding carboxylic acids is 3. The van der Waals surface area contributed by atoms with Crippen LogP contribution in [0.15, 0.2) is 11.3 Å². The third-order valence-electron chi connectivity index (χ3n) is 4.33. The highest BCUT2D eigenvalue weighted by atomic mass is 16.6. The van der Waals surface area contributed by atoms with Gasteiger partial charge in [-0.05, 0) is 26.7 Å². The molecule has 0 amide bonds. The maximum atomic E-state index is 12.7. The fourth-order valence-electron chi connectivity index (χ4n) is 2.58. The standard InChI is InChI=1S/C16H24O6/c1-7-9(3)13(18)22-15(5)11(17)10(4)12(21-6)16(20,8-2)14(15)19/h9,20H,7-8H2,1-6H3/t9-,15+,16-/m1/s1. The van der Waals surface area contributed by atoms with Gasteiger partial charge in [-0.3, -0.25) is 14.4 Å². The van der Waals surface area contributed by atoms with Crippen molar-refractivity contribution in [3.8, 4) is 0 Å². The summed E-state index contributed by atoms with van der Waals surface area (Å²) in [6.45, 7) is 7.73. The summed E-state index contributed by atoms with van der Waals surface area (Å²) in [5.74, 6) is -2.70. The molecule has 1 rings (SSSR count). The van der Waals surface area contributed by atoms with Gasteiger partial charge in [0.2, 0.25) is 17.2 Å². The Morgan fingerprint density at radius 1 is 1.32 bits per heavy atom. The second kappa shape index (κ2) is 6.20. The Bertz CT molecular complexity index is 535. The van der Waals surface area contributed by atoms with E-state index in [9.17, 15) is 19.5 Å². The van der Waals surface area contributed by atoms with Crippen molar-refractivity contribution < 1.29 is 29.0 Å². The van der Waals surface area contributed by atoms with Crippen LogP contribution in [0.3, 0.4) is 0 Å². The van der Waals surface area contributed by atoms with Gasteiger partial charge in [-0.2, -0.15) is 0 Å². The molecular formula is C16H24O6. The van der Waals surface area contributed by atoms with Crippen LogP contribution in [0.25, 0.3) is 0 Å². The van der Waals surface area contributed by atoms with Gasteiger partial charge in [0.25, 0.3) is 0 Å². The molecule has 0 spiro atoms. The lowest BCUT2D eigenvalue weighted by molar-refractivity contribution is -0.182. The molecule has 22 heavy (non-hydrogen) atoms.